The summed E-state index contributed by atoms with van der Waals surface area (Å²) in [6, 6.07) is 15.8. The summed E-state index contributed by atoms with van der Waals surface area (Å²) in [5.74, 6) is 0.929. The predicted molar refractivity (Wildman–Crippen MR) is 125 cm³/mol. The first-order chi connectivity index (χ1) is 15.0. The topological polar surface area (TPSA) is 61.9 Å². The molecule has 1 N–H and O–H groups in total. The molecule has 2 aromatic rings. The van der Waals surface area contributed by atoms with Crippen LogP contribution in [-0.2, 0) is 9.53 Å². The second kappa shape index (κ2) is 9.47. The van der Waals surface area contributed by atoms with E-state index in [0.29, 0.717) is 36.7 Å². The molecule has 1 atom stereocenters. The molecule has 2 aliphatic rings. The van der Waals surface area contributed by atoms with Gasteiger partial charge in [-0.05, 0) is 55.8 Å². The second-order valence-electron chi connectivity index (χ2n) is 7.87. The SMILES string of the molecule is Cc1cccc(N2CCN(C(=O)c3ccc(NC(=O)C4=CSCCO4)cc3)C[C@H]2C)c1. The number of piperazine rings is 1. The summed E-state index contributed by atoms with van der Waals surface area (Å²) >= 11 is 1.56. The Morgan fingerprint density at radius 1 is 1.13 bits per heavy atom. The summed E-state index contributed by atoms with van der Waals surface area (Å²) < 4.78 is 5.37. The molecule has 0 aromatic heterocycles. The van der Waals surface area contributed by atoms with Gasteiger partial charge < -0.3 is 19.9 Å². The van der Waals surface area contributed by atoms with Crippen LogP contribution in [0, 0.1) is 6.92 Å². The van der Waals surface area contributed by atoms with Gasteiger partial charge in [-0.3, -0.25) is 9.59 Å². The van der Waals surface area contributed by atoms with Crippen molar-refractivity contribution in [3.63, 3.8) is 0 Å². The third-order valence-electron chi connectivity index (χ3n) is 5.51. The molecule has 2 aliphatic heterocycles. The van der Waals surface area contributed by atoms with Gasteiger partial charge in [0.2, 0.25) is 0 Å². The van der Waals surface area contributed by atoms with Crippen molar-refractivity contribution in [2.75, 3.05) is 42.2 Å². The molecule has 1 saturated heterocycles. The van der Waals surface area contributed by atoms with Crippen LogP contribution in [0.15, 0.2) is 59.7 Å². The lowest BCUT2D eigenvalue weighted by Gasteiger charge is -2.41. The normalized spacial score (nSPS) is 18.8. The Balaban J connectivity index is 1.36. The average Bonchev–Trinajstić information content (AvgIpc) is 2.79. The van der Waals surface area contributed by atoms with Crippen LogP contribution >= 0.6 is 11.8 Å². The van der Waals surface area contributed by atoms with Crippen LogP contribution in [0.1, 0.15) is 22.8 Å². The maximum Gasteiger partial charge on any atom is 0.291 e. The average molecular weight is 438 g/mol. The van der Waals surface area contributed by atoms with Gasteiger partial charge in [-0.15, -0.1) is 11.8 Å². The van der Waals surface area contributed by atoms with Gasteiger partial charge in [0.1, 0.15) is 0 Å². The fourth-order valence-electron chi connectivity index (χ4n) is 3.89. The first kappa shape index (κ1) is 21.3. The lowest BCUT2D eigenvalue weighted by atomic mass is 10.1. The van der Waals surface area contributed by atoms with Gasteiger partial charge in [0.15, 0.2) is 5.76 Å². The fourth-order valence-corrected chi connectivity index (χ4v) is 4.51. The molecule has 1 fully saturated rings. The number of nitrogens with one attached hydrogen (secondary N) is 1. The molecular formula is C24H27N3O3S. The number of benzene rings is 2. The summed E-state index contributed by atoms with van der Waals surface area (Å²) in [7, 11) is 0. The fraction of sp³-hybridized carbons (Fsp3) is 0.333. The summed E-state index contributed by atoms with van der Waals surface area (Å²) in [6.07, 6.45) is 0. The van der Waals surface area contributed by atoms with Crippen molar-refractivity contribution in [2.24, 2.45) is 0 Å². The molecule has 0 spiro atoms. The lowest BCUT2D eigenvalue weighted by molar-refractivity contribution is -0.116. The Labute approximate surface area is 187 Å². The number of ether oxygens (including phenoxy) is 1. The first-order valence-corrected chi connectivity index (χ1v) is 11.5. The molecule has 162 valence electrons. The molecule has 6 nitrogen and oxygen atoms in total. The minimum Gasteiger partial charge on any atom is -0.487 e. The Morgan fingerprint density at radius 2 is 1.94 bits per heavy atom. The molecule has 31 heavy (non-hydrogen) atoms. The molecule has 0 unspecified atom stereocenters. The van der Waals surface area contributed by atoms with Crippen molar-refractivity contribution in [3.8, 4) is 0 Å². The molecule has 2 heterocycles. The van der Waals surface area contributed by atoms with Crippen LogP contribution in [0.5, 0.6) is 0 Å². The third kappa shape index (κ3) is 5.05. The highest BCUT2D eigenvalue weighted by molar-refractivity contribution is 8.02. The van der Waals surface area contributed by atoms with E-state index in [4.69, 9.17) is 4.74 Å². The van der Waals surface area contributed by atoms with E-state index >= 15 is 0 Å². The highest BCUT2D eigenvalue weighted by Gasteiger charge is 2.27. The molecule has 0 radical (unpaired) electrons. The van der Waals surface area contributed by atoms with Crippen molar-refractivity contribution < 1.29 is 14.3 Å². The van der Waals surface area contributed by atoms with E-state index in [1.165, 1.54) is 11.3 Å². The highest BCUT2D eigenvalue weighted by atomic mass is 32.2. The third-order valence-corrected chi connectivity index (χ3v) is 6.29. The number of anilines is 2. The zero-order valence-electron chi connectivity index (χ0n) is 17.8. The van der Waals surface area contributed by atoms with Crippen molar-refractivity contribution >= 4 is 35.0 Å². The van der Waals surface area contributed by atoms with Gasteiger partial charge in [0.05, 0.1) is 6.61 Å². The second-order valence-corrected chi connectivity index (χ2v) is 8.84. The number of thioether (sulfide) groups is 1. The van der Waals surface area contributed by atoms with E-state index in [2.05, 4.69) is 48.3 Å². The molecule has 4 rings (SSSR count). The first-order valence-electron chi connectivity index (χ1n) is 10.5. The van der Waals surface area contributed by atoms with Gasteiger partial charge in [0.25, 0.3) is 11.8 Å². The number of hydrogen-bond acceptors (Lipinski definition) is 5. The van der Waals surface area contributed by atoms with Crippen molar-refractivity contribution in [1.82, 2.24) is 4.90 Å². The Kier molecular flexibility index (Phi) is 6.51. The number of hydrogen-bond donors (Lipinski definition) is 1. The largest absolute Gasteiger partial charge is 0.487 e. The van der Waals surface area contributed by atoms with Crippen LogP contribution in [-0.4, -0.2) is 54.8 Å². The van der Waals surface area contributed by atoms with Crippen LogP contribution in [0.4, 0.5) is 11.4 Å². The Bertz CT molecular complexity index is 990. The molecule has 0 aliphatic carbocycles. The van der Waals surface area contributed by atoms with Crippen molar-refractivity contribution in [1.29, 1.82) is 0 Å². The quantitative estimate of drug-likeness (QED) is 0.786. The zero-order chi connectivity index (χ0) is 21.8. The summed E-state index contributed by atoms with van der Waals surface area (Å²) in [6.45, 7) is 6.94. The maximum absolute atomic E-state index is 13.0. The van der Waals surface area contributed by atoms with E-state index in [9.17, 15) is 9.59 Å². The lowest BCUT2D eigenvalue weighted by Crippen LogP contribution is -2.53. The summed E-state index contributed by atoms with van der Waals surface area (Å²) in [5, 5.41) is 4.55. The van der Waals surface area contributed by atoms with Crippen molar-refractivity contribution in [2.45, 2.75) is 19.9 Å². The Morgan fingerprint density at radius 3 is 2.61 bits per heavy atom. The van der Waals surface area contributed by atoms with Crippen LogP contribution in [0.3, 0.4) is 0 Å². The van der Waals surface area contributed by atoms with Crippen LogP contribution in [0.25, 0.3) is 0 Å². The van der Waals surface area contributed by atoms with E-state index in [0.717, 1.165) is 12.3 Å². The number of nitrogens with zero attached hydrogens (tertiary/aromatic N) is 2. The van der Waals surface area contributed by atoms with Gasteiger partial charge >= 0.3 is 0 Å². The maximum atomic E-state index is 13.0. The van der Waals surface area contributed by atoms with E-state index in [1.807, 2.05) is 4.90 Å². The van der Waals surface area contributed by atoms with Gasteiger partial charge in [-0.25, -0.2) is 0 Å². The molecule has 2 amide bonds. The van der Waals surface area contributed by atoms with E-state index in [1.54, 1.807) is 41.4 Å². The van der Waals surface area contributed by atoms with E-state index < -0.39 is 0 Å². The minimum atomic E-state index is -0.271. The molecule has 0 saturated carbocycles. The summed E-state index contributed by atoms with van der Waals surface area (Å²) in [5.41, 5.74) is 3.70. The standard InChI is InChI=1S/C24H27N3O3S/c1-17-4-3-5-21(14-17)27-11-10-26(15-18(27)2)24(29)19-6-8-20(9-7-19)25-23(28)22-16-31-13-12-30-22/h3-9,14,16,18H,10-13,15H2,1-2H3,(H,25,28)/t18-/m1/s1. The number of amides is 2. The summed E-state index contributed by atoms with van der Waals surface area (Å²) in [4.78, 5) is 29.5. The van der Waals surface area contributed by atoms with Gasteiger partial charge in [-0.1, -0.05) is 12.1 Å². The highest BCUT2D eigenvalue weighted by Crippen LogP contribution is 2.23. The predicted octanol–water partition coefficient (Wildman–Crippen LogP) is 3.89. The Hall–Kier alpha value is -2.93. The van der Waals surface area contributed by atoms with Gasteiger partial charge in [-0.2, -0.15) is 0 Å². The number of carbonyl (C=O) groups is 2. The monoisotopic (exact) mass is 437 g/mol. The minimum absolute atomic E-state index is 0.0170. The molecule has 7 heteroatoms. The molecule has 0 bridgehead atoms. The number of aryl methyl sites for hydroxylation is 1. The van der Waals surface area contributed by atoms with Crippen molar-refractivity contribution in [3.05, 3.63) is 70.8 Å². The number of rotatable bonds is 4. The molecular weight excluding hydrogens is 410 g/mol. The number of carbonyl (C=O) groups excluding carboxylic acids is 2. The molecule has 2 aromatic carbocycles. The zero-order valence-corrected chi connectivity index (χ0v) is 18.7. The smallest absolute Gasteiger partial charge is 0.291 e. The van der Waals surface area contributed by atoms with E-state index in [-0.39, 0.29) is 17.9 Å². The van der Waals surface area contributed by atoms with Crippen LogP contribution in [0.2, 0.25) is 0 Å². The van der Waals surface area contributed by atoms with Crippen LogP contribution < -0.4 is 10.2 Å². The van der Waals surface area contributed by atoms with Gasteiger partial charge in [0, 0.05) is 53.8 Å².